The molecule has 0 bridgehead atoms. The molecule has 0 aromatic rings. The maximum absolute atomic E-state index is 10.00. The van der Waals surface area contributed by atoms with Gasteiger partial charge in [-0.15, -0.1) is 0 Å². The van der Waals surface area contributed by atoms with Gasteiger partial charge in [0, 0.05) is 19.2 Å². The summed E-state index contributed by atoms with van der Waals surface area (Å²) >= 11 is 0. The molecule has 14 heavy (non-hydrogen) atoms. The second-order valence-corrected chi connectivity index (χ2v) is 2.90. The molecule has 0 aliphatic rings. The van der Waals surface area contributed by atoms with Crippen molar-refractivity contribution < 1.29 is 4.79 Å². The maximum Gasteiger partial charge on any atom is 0.121 e. The van der Waals surface area contributed by atoms with Gasteiger partial charge in [-0.3, -0.25) is 4.99 Å². The van der Waals surface area contributed by atoms with Crippen LogP contribution in [0, 0.1) is 0 Å². The van der Waals surface area contributed by atoms with Crippen molar-refractivity contribution in [3.8, 4) is 0 Å². The second-order valence-electron chi connectivity index (χ2n) is 2.90. The molecule has 0 radical (unpaired) electrons. The molecule has 0 spiro atoms. The summed E-state index contributed by atoms with van der Waals surface area (Å²) in [7, 11) is 0. The van der Waals surface area contributed by atoms with Crippen LogP contribution >= 0.6 is 0 Å². The summed E-state index contributed by atoms with van der Waals surface area (Å²) in [6, 6.07) is 0. The minimum Gasteiger partial charge on any atom is -0.316 e. The van der Waals surface area contributed by atoms with Gasteiger partial charge in [-0.25, -0.2) is 0 Å². The molecule has 78 valence electrons. The number of allylic oxidation sites excluding steroid dienone is 2. The fraction of sp³-hybridized carbons (Fsp3) is 0.455. The molecule has 0 rings (SSSR count). The summed E-state index contributed by atoms with van der Waals surface area (Å²) in [5.74, 6) is 0. The van der Waals surface area contributed by atoms with Crippen LogP contribution in [0.5, 0.6) is 0 Å². The topological polar surface area (TPSA) is 41.5 Å². The van der Waals surface area contributed by atoms with E-state index >= 15 is 0 Å². The molecule has 3 nitrogen and oxygen atoms in total. The van der Waals surface area contributed by atoms with E-state index in [1.807, 2.05) is 0 Å². The standard InChI is InChI=1S/C11H18N2O/c1-3-11(10-12-2)6-4-7-13-8-5-9-14/h3,9-10,13H,1-2,4-8H2/b11-10+. The van der Waals surface area contributed by atoms with E-state index in [-0.39, 0.29) is 0 Å². The lowest BCUT2D eigenvalue weighted by atomic mass is 10.1. The first-order valence-corrected chi connectivity index (χ1v) is 4.76. The third-order valence-corrected chi connectivity index (χ3v) is 1.78. The Bertz CT molecular complexity index is 209. The molecule has 0 amide bonds. The number of rotatable bonds is 9. The Kier molecular flexibility index (Phi) is 9.01. The molecule has 0 unspecified atom stereocenters. The first-order valence-electron chi connectivity index (χ1n) is 4.76. The van der Waals surface area contributed by atoms with Crippen molar-refractivity contribution in [2.24, 2.45) is 4.99 Å². The smallest absolute Gasteiger partial charge is 0.121 e. The number of hydrogen-bond acceptors (Lipinski definition) is 3. The van der Waals surface area contributed by atoms with Crippen molar-refractivity contribution in [3.05, 3.63) is 24.4 Å². The van der Waals surface area contributed by atoms with Crippen LogP contribution in [0.2, 0.25) is 0 Å². The zero-order valence-electron chi connectivity index (χ0n) is 8.54. The van der Waals surface area contributed by atoms with Gasteiger partial charge in [-0.1, -0.05) is 12.7 Å². The minimum atomic E-state index is 0.582. The van der Waals surface area contributed by atoms with Gasteiger partial charge in [0.2, 0.25) is 0 Å². The van der Waals surface area contributed by atoms with E-state index in [4.69, 9.17) is 0 Å². The molecule has 0 atom stereocenters. The monoisotopic (exact) mass is 194 g/mol. The van der Waals surface area contributed by atoms with Crippen LogP contribution in [0.15, 0.2) is 29.4 Å². The quantitative estimate of drug-likeness (QED) is 0.263. The van der Waals surface area contributed by atoms with Gasteiger partial charge in [-0.05, 0) is 31.7 Å². The highest BCUT2D eigenvalue weighted by molar-refractivity contribution is 5.49. The third kappa shape index (κ3) is 7.43. The molecule has 0 fully saturated rings. The Morgan fingerprint density at radius 2 is 2.21 bits per heavy atom. The van der Waals surface area contributed by atoms with E-state index in [9.17, 15) is 4.79 Å². The molecular weight excluding hydrogens is 176 g/mol. The summed E-state index contributed by atoms with van der Waals surface area (Å²) in [5, 5.41) is 3.17. The Balaban J connectivity index is 3.42. The molecule has 0 aromatic carbocycles. The van der Waals surface area contributed by atoms with Gasteiger partial charge >= 0.3 is 0 Å². The lowest BCUT2D eigenvalue weighted by Gasteiger charge is -2.02. The number of aliphatic imine (C=N–C) groups is 1. The predicted octanol–water partition coefficient (Wildman–Crippen LogP) is 1.72. The molecule has 3 heteroatoms. The molecule has 1 N–H and O–H groups in total. The molecule has 0 saturated heterocycles. The molecule has 0 saturated carbocycles. The first-order chi connectivity index (χ1) is 6.85. The van der Waals surface area contributed by atoms with Crippen molar-refractivity contribution in [1.82, 2.24) is 5.32 Å². The highest BCUT2D eigenvalue weighted by Crippen LogP contribution is 2.04. The van der Waals surface area contributed by atoms with Crippen LogP contribution in [0.25, 0.3) is 0 Å². The van der Waals surface area contributed by atoms with Gasteiger partial charge in [0.05, 0.1) is 0 Å². The highest BCUT2D eigenvalue weighted by atomic mass is 16.1. The summed E-state index contributed by atoms with van der Waals surface area (Å²) in [4.78, 5) is 13.7. The van der Waals surface area contributed by atoms with Crippen LogP contribution < -0.4 is 5.32 Å². The number of carbonyl (C=O) groups excluding carboxylic acids is 1. The second kappa shape index (κ2) is 9.86. The highest BCUT2D eigenvalue weighted by Gasteiger charge is 1.92. The molecule has 0 aliphatic heterocycles. The molecular formula is C11H18N2O. The largest absolute Gasteiger partial charge is 0.316 e. The summed E-state index contributed by atoms with van der Waals surface area (Å²) in [5.41, 5.74) is 1.09. The average molecular weight is 194 g/mol. The number of aldehydes is 1. The van der Waals surface area contributed by atoms with Crippen LogP contribution in [0.1, 0.15) is 19.3 Å². The number of carbonyl (C=O) groups is 1. The third-order valence-electron chi connectivity index (χ3n) is 1.78. The summed E-state index contributed by atoms with van der Waals surface area (Å²) in [6.07, 6.45) is 6.98. The number of nitrogens with zero attached hydrogens (tertiary/aromatic N) is 1. The van der Waals surface area contributed by atoms with Crippen molar-refractivity contribution in [3.63, 3.8) is 0 Å². The molecule has 0 aliphatic carbocycles. The minimum absolute atomic E-state index is 0.582. The Labute approximate surface area is 85.6 Å². The zero-order valence-corrected chi connectivity index (χ0v) is 8.54. The van der Waals surface area contributed by atoms with Crippen molar-refractivity contribution in [2.45, 2.75) is 19.3 Å². The fourth-order valence-electron chi connectivity index (χ4n) is 1.04. The van der Waals surface area contributed by atoms with Gasteiger partial charge in [0.15, 0.2) is 0 Å². The van der Waals surface area contributed by atoms with Gasteiger partial charge in [-0.2, -0.15) is 0 Å². The Hall–Kier alpha value is -1.22. The predicted molar refractivity (Wildman–Crippen MR) is 60.6 cm³/mol. The van der Waals surface area contributed by atoms with E-state index in [0.717, 1.165) is 37.8 Å². The van der Waals surface area contributed by atoms with Gasteiger partial charge in [0.1, 0.15) is 6.29 Å². The summed E-state index contributed by atoms with van der Waals surface area (Å²) < 4.78 is 0. The molecule has 0 heterocycles. The van der Waals surface area contributed by atoms with E-state index in [1.165, 1.54) is 0 Å². The van der Waals surface area contributed by atoms with Crippen molar-refractivity contribution >= 4 is 13.0 Å². The summed E-state index contributed by atoms with van der Waals surface area (Å²) in [6.45, 7) is 8.75. The van der Waals surface area contributed by atoms with Crippen molar-refractivity contribution in [2.75, 3.05) is 13.1 Å². The van der Waals surface area contributed by atoms with E-state index in [2.05, 4.69) is 23.6 Å². The lowest BCUT2D eigenvalue weighted by Crippen LogP contribution is -2.16. The van der Waals surface area contributed by atoms with Gasteiger partial charge in [0.25, 0.3) is 0 Å². The van der Waals surface area contributed by atoms with E-state index in [0.29, 0.717) is 6.42 Å². The number of hydrogen-bond donors (Lipinski definition) is 1. The SMILES string of the molecule is C=C/C(=C\N=C)CCCNCCC=O. The Morgan fingerprint density at radius 1 is 1.43 bits per heavy atom. The van der Waals surface area contributed by atoms with Crippen LogP contribution in [0.4, 0.5) is 0 Å². The van der Waals surface area contributed by atoms with Gasteiger partial charge < -0.3 is 10.1 Å². The van der Waals surface area contributed by atoms with E-state index in [1.54, 1.807) is 12.3 Å². The maximum atomic E-state index is 10.00. The first kappa shape index (κ1) is 12.8. The average Bonchev–Trinajstić information content (AvgIpc) is 2.21. The van der Waals surface area contributed by atoms with Crippen LogP contribution in [-0.2, 0) is 4.79 Å². The normalized spacial score (nSPS) is 11.0. The van der Waals surface area contributed by atoms with Crippen LogP contribution in [0.3, 0.4) is 0 Å². The number of nitrogens with one attached hydrogen (secondary N) is 1. The fourth-order valence-corrected chi connectivity index (χ4v) is 1.04. The Morgan fingerprint density at radius 3 is 2.79 bits per heavy atom. The zero-order chi connectivity index (χ0) is 10.6. The van der Waals surface area contributed by atoms with E-state index < -0.39 is 0 Å². The van der Waals surface area contributed by atoms with Crippen LogP contribution in [-0.4, -0.2) is 26.1 Å². The molecule has 0 aromatic heterocycles. The lowest BCUT2D eigenvalue weighted by molar-refractivity contribution is -0.107. The van der Waals surface area contributed by atoms with Crippen molar-refractivity contribution in [1.29, 1.82) is 0 Å².